The number of aromatic nitrogens is 1. The quantitative estimate of drug-likeness (QED) is 0.649. The third-order valence-corrected chi connectivity index (χ3v) is 4.68. The number of para-hydroxylation sites is 1. The number of benzene rings is 2. The van der Waals surface area contributed by atoms with E-state index in [1.807, 2.05) is 35.8 Å². The van der Waals surface area contributed by atoms with Gasteiger partial charge in [-0.3, -0.25) is 4.79 Å². The van der Waals surface area contributed by atoms with Crippen LogP contribution in [-0.4, -0.2) is 23.7 Å². The summed E-state index contributed by atoms with van der Waals surface area (Å²) in [6.45, 7) is 3.41. The number of nitrogens with zero attached hydrogens (tertiary/aromatic N) is 2. The smallest absolute Gasteiger partial charge is 0.285 e. The first-order valence-electron chi connectivity index (χ1n) is 7.81. The first-order chi connectivity index (χ1) is 12.1. The van der Waals surface area contributed by atoms with Gasteiger partial charge in [-0.1, -0.05) is 29.5 Å². The van der Waals surface area contributed by atoms with Crippen LogP contribution in [0.15, 0.2) is 47.5 Å². The fraction of sp³-hybridized carbons (Fsp3) is 0.222. The maximum Gasteiger partial charge on any atom is 0.285 e. The molecule has 25 heavy (non-hydrogen) atoms. The number of carbonyl (C=O) groups excluding carboxylic acids is 1. The Hall–Kier alpha value is -2.38. The second kappa shape index (κ2) is 7.67. The lowest BCUT2D eigenvalue weighted by Crippen LogP contribution is -2.20. The Morgan fingerprint density at radius 1 is 1.16 bits per heavy atom. The van der Waals surface area contributed by atoms with Crippen LogP contribution in [0.25, 0.3) is 10.2 Å². The molecule has 0 bridgehead atoms. The molecule has 0 fully saturated rings. The molecule has 0 aliphatic rings. The number of hydrogen-bond donors (Lipinski definition) is 0. The first kappa shape index (κ1) is 17.4. The molecular formula is C18H16F2N2O2S. The van der Waals surface area contributed by atoms with Crippen molar-refractivity contribution < 1.29 is 18.3 Å². The Kier molecular flexibility index (Phi) is 5.35. The molecule has 3 aromatic rings. The lowest BCUT2D eigenvalue weighted by atomic mass is 10.2. The maximum atomic E-state index is 13.8. The minimum atomic E-state index is -0.938. The van der Waals surface area contributed by atoms with Crippen LogP contribution in [0.1, 0.15) is 17.3 Å². The molecule has 0 spiro atoms. The van der Waals surface area contributed by atoms with Crippen LogP contribution < -0.4 is 4.80 Å². The molecule has 1 heterocycles. The van der Waals surface area contributed by atoms with Crippen LogP contribution in [0.4, 0.5) is 8.78 Å². The molecule has 0 unspecified atom stereocenters. The Balaban J connectivity index is 2.09. The van der Waals surface area contributed by atoms with Gasteiger partial charge in [0.2, 0.25) is 0 Å². The first-order valence-corrected chi connectivity index (χ1v) is 8.62. The van der Waals surface area contributed by atoms with E-state index in [2.05, 4.69) is 4.99 Å². The standard InChI is InChI=1S/C18H16F2N2O2S/c1-2-24-11-10-22-14-8-3-4-9-15(14)25-18(22)21-17(23)16-12(19)6-5-7-13(16)20/h3-9H,2,10-11H2,1H3. The minimum absolute atomic E-state index is 0.383. The van der Waals surface area contributed by atoms with Gasteiger partial charge in [0, 0.05) is 13.2 Å². The molecule has 0 radical (unpaired) electrons. The van der Waals surface area contributed by atoms with E-state index in [-0.39, 0.29) is 0 Å². The zero-order valence-electron chi connectivity index (χ0n) is 13.5. The van der Waals surface area contributed by atoms with E-state index < -0.39 is 23.1 Å². The molecule has 130 valence electrons. The molecule has 2 aromatic carbocycles. The van der Waals surface area contributed by atoms with Gasteiger partial charge in [-0.25, -0.2) is 8.78 Å². The highest BCUT2D eigenvalue weighted by Crippen LogP contribution is 2.18. The fourth-order valence-corrected chi connectivity index (χ4v) is 3.52. The van der Waals surface area contributed by atoms with E-state index in [1.165, 1.54) is 17.4 Å². The zero-order valence-corrected chi connectivity index (χ0v) is 14.4. The van der Waals surface area contributed by atoms with Crippen molar-refractivity contribution in [3.05, 3.63) is 64.5 Å². The highest BCUT2D eigenvalue weighted by Gasteiger charge is 2.17. The normalized spacial score (nSPS) is 12.0. The molecule has 1 aromatic heterocycles. The SMILES string of the molecule is CCOCCn1c(=NC(=O)c2c(F)cccc2F)sc2ccccc21. The van der Waals surface area contributed by atoms with Crippen LogP contribution >= 0.6 is 11.3 Å². The second-order valence-corrected chi connectivity index (χ2v) is 6.22. The van der Waals surface area contributed by atoms with Gasteiger partial charge in [0.05, 0.1) is 16.8 Å². The summed E-state index contributed by atoms with van der Waals surface area (Å²) in [4.78, 5) is 16.7. The zero-order chi connectivity index (χ0) is 17.8. The highest BCUT2D eigenvalue weighted by atomic mass is 32.1. The van der Waals surface area contributed by atoms with Gasteiger partial charge >= 0.3 is 0 Å². The monoisotopic (exact) mass is 362 g/mol. The molecule has 1 amide bonds. The fourth-order valence-electron chi connectivity index (χ4n) is 2.47. The molecule has 4 nitrogen and oxygen atoms in total. The van der Waals surface area contributed by atoms with Gasteiger partial charge < -0.3 is 9.30 Å². The van der Waals surface area contributed by atoms with E-state index in [4.69, 9.17) is 4.74 Å². The van der Waals surface area contributed by atoms with Gasteiger partial charge in [-0.15, -0.1) is 0 Å². The number of rotatable bonds is 5. The van der Waals surface area contributed by atoms with Crippen LogP contribution in [0.2, 0.25) is 0 Å². The molecule has 0 N–H and O–H groups in total. The van der Waals surface area contributed by atoms with E-state index >= 15 is 0 Å². The Labute approximate surface area is 147 Å². The van der Waals surface area contributed by atoms with Crippen molar-refractivity contribution in [2.24, 2.45) is 4.99 Å². The van der Waals surface area contributed by atoms with Crippen LogP contribution in [0, 0.1) is 11.6 Å². The van der Waals surface area contributed by atoms with Crippen molar-refractivity contribution >= 4 is 27.5 Å². The van der Waals surface area contributed by atoms with Gasteiger partial charge in [-0.2, -0.15) is 4.99 Å². The molecular weight excluding hydrogens is 346 g/mol. The van der Waals surface area contributed by atoms with Crippen molar-refractivity contribution in [1.82, 2.24) is 4.57 Å². The van der Waals surface area contributed by atoms with Crippen LogP contribution in [0.3, 0.4) is 0 Å². The number of amides is 1. The summed E-state index contributed by atoms with van der Waals surface area (Å²) in [6, 6.07) is 10.9. The summed E-state index contributed by atoms with van der Waals surface area (Å²) in [5.74, 6) is -2.78. The summed E-state index contributed by atoms with van der Waals surface area (Å²) in [7, 11) is 0. The van der Waals surface area contributed by atoms with Gasteiger partial charge in [0.15, 0.2) is 4.80 Å². The highest BCUT2D eigenvalue weighted by molar-refractivity contribution is 7.16. The summed E-state index contributed by atoms with van der Waals surface area (Å²) in [5.41, 5.74) is 0.254. The molecule has 0 aliphatic heterocycles. The van der Waals surface area contributed by atoms with Gasteiger partial charge in [0.1, 0.15) is 17.2 Å². The Bertz CT molecular complexity index is 958. The average Bonchev–Trinajstić information content (AvgIpc) is 2.92. The van der Waals surface area contributed by atoms with Crippen LogP contribution in [0.5, 0.6) is 0 Å². The number of thiazole rings is 1. The van der Waals surface area contributed by atoms with E-state index in [0.717, 1.165) is 22.3 Å². The van der Waals surface area contributed by atoms with Gasteiger partial charge in [-0.05, 0) is 31.2 Å². The number of ether oxygens (including phenoxy) is 1. The third kappa shape index (κ3) is 3.67. The molecule has 7 heteroatoms. The summed E-state index contributed by atoms with van der Waals surface area (Å²) in [5, 5.41) is 0. The van der Waals surface area contributed by atoms with Crippen molar-refractivity contribution in [3.8, 4) is 0 Å². The van der Waals surface area contributed by atoms with E-state index in [0.29, 0.717) is 24.6 Å². The summed E-state index contributed by atoms with van der Waals surface area (Å²) < 4.78 is 35.8. The predicted octanol–water partition coefficient (Wildman–Crippen LogP) is 3.76. The number of fused-ring (bicyclic) bond motifs is 1. The number of carbonyl (C=O) groups is 1. The lowest BCUT2D eigenvalue weighted by Gasteiger charge is -2.05. The largest absolute Gasteiger partial charge is 0.380 e. The summed E-state index contributed by atoms with van der Waals surface area (Å²) >= 11 is 1.29. The topological polar surface area (TPSA) is 43.6 Å². The second-order valence-electron chi connectivity index (χ2n) is 5.21. The summed E-state index contributed by atoms with van der Waals surface area (Å²) in [6.07, 6.45) is 0. The molecule has 3 rings (SSSR count). The Morgan fingerprint density at radius 3 is 2.60 bits per heavy atom. The maximum absolute atomic E-state index is 13.8. The lowest BCUT2D eigenvalue weighted by molar-refractivity contribution is 0.0988. The Morgan fingerprint density at radius 2 is 1.88 bits per heavy atom. The molecule has 0 aliphatic carbocycles. The number of halogens is 2. The molecule has 0 saturated heterocycles. The molecule has 0 atom stereocenters. The van der Waals surface area contributed by atoms with E-state index in [1.54, 1.807) is 0 Å². The third-order valence-electron chi connectivity index (χ3n) is 3.63. The van der Waals surface area contributed by atoms with Crippen molar-refractivity contribution in [1.29, 1.82) is 0 Å². The van der Waals surface area contributed by atoms with Crippen molar-refractivity contribution in [3.63, 3.8) is 0 Å². The molecule has 0 saturated carbocycles. The van der Waals surface area contributed by atoms with Crippen molar-refractivity contribution in [2.45, 2.75) is 13.5 Å². The average molecular weight is 362 g/mol. The minimum Gasteiger partial charge on any atom is -0.380 e. The van der Waals surface area contributed by atoms with E-state index in [9.17, 15) is 13.6 Å². The number of hydrogen-bond acceptors (Lipinski definition) is 3. The predicted molar refractivity (Wildman–Crippen MR) is 92.6 cm³/mol. The van der Waals surface area contributed by atoms with Gasteiger partial charge in [0.25, 0.3) is 5.91 Å². The van der Waals surface area contributed by atoms with Crippen molar-refractivity contribution in [2.75, 3.05) is 13.2 Å². The van der Waals surface area contributed by atoms with Crippen LogP contribution in [-0.2, 0) is 11.3 Å².